The summed E-state index contributed by atoms with van der Waals surface area (Å²) in [7, 11) is 0. The number of benzene rings is 1. The Morgan fingerprint density at radius 2 is 1.96 bits per heavy atom. The summed E-state index contributed by atoms with van der Waals surface area (Å²) in [4.78, 5) is 34.5. The lowest BCUT2D eigenvalue weighted by molar-refractivity contribution is -0.138. The number of hydrogen-bond acceptors (Lipinski definition) is 4. The van der Waals surface area contributed by atoms with Crippen molar-refractivity contribution in [3.63, 3.8) is 0 Å². The minimum atomic E-state index is -0.974. The fourth-order valence-electron chi connectivity index (χ4n) is 3.50. The van der Waals surface area contributed by atoms with Crippen molar-refractivity contribution in [2.45, 2.75) is 33.6 Å². The molecule has 1 aromatic heterocycles. The first-order valence-electron chi connectivity index (χ1n) is 9.18. The van der Waals surface area contributed by atoms with Crippen LogP contribution in [0.15, 0.2) is 36.7 Å². The van der Waals surface area contributed by atoms with Crippen molar-refractivity contribution in [2.75, 3.05) is 13.1 Å². The molecule has 1 saturated heterocycles. The van der Waals surface area contributed by atoms with Crippen LogP contribution in [0.25, 0.3) is 11.3 Å². The number of rotatable bonds is 4. The molecule has 1 aromatic carbocycles. The highest BCUT2D eigenvalue weighted by molar-refractivity contribution is 5.95. The molecule has 1 fully saturated rings. The molecule has 1 amide bonds. The molecule has 3 rings (SSSR count). The molecule has 0 unspecified atom stereocenters. The molecule has 0 bridgehead atoms. The third kappa shape index (κ3) is 4.32. The van der Waals surface area contributed by atoms with Gasteiger partial charge < -0.3 is 10.0 Å². The van der Waals surface area contributed by atoms with Gasteiger partial charge in [-0.2, -0.15) is 0 Å². The second kappa shape index (κ2) is 7.47. The summed E-state index contributed by atoms with van der Waals surface area (Å²) < 4.78 is 0. The summed E-state index contributed by atoms with van der Waals surface area (Å²) in [6.07, 6.45) is 3.18. The molecular weight excluding hydrogens is 342 g/mol. The van der Waals surface area contributed by atoms with Crippen LogP contribution in [-0.4, -0.2) is 44.9 Å². The molecule has 1 N–H and O–H groups in total. The van der Waals surface area contributed by atoms with Crippen LogP contribution in [0.1, 0.15) is 43.2 Å². The molecule has 0 spiro atoms. The van der Waals surface area contributed by atoms with E-state index >= 15 is 0 Å². The molecule has 1 aliphatic heterocycles. The molecule has 0 aliphatic carbocycles. The van der Waals surface area contributed by atoms with Crippen LogP contribution < -0.4 is 0 Å². The molecule has 1 atom stereocenters. The number of likely N-dealkylation sites (tertiary alicyclic amines) is 1. The number of carbonyl (C=O) groups excluding carboxylic acids is 1. The van der Waals surface area contributed by atoms with Crippen LogP contribution in [0.4, 0.5) is 0 Å². The fraction of sp³-hybridized carbons (Fsp3) is 0.429. The van der Waals surface area contributed by atoms with E-state index in [0.717, 1.165) is 31.6 Å². The van der Waals surface area contributed by atoms with Gasteiger partial charge in [0.2, 0.25) is 5.91 Å². The second-order valence-electron chi connectivity index (χ2n) is 8.11. The van der Waals surface area contributed by atoms with E-state index in [1.165, 1.54) is 6.33 Å². The van der Waals surface area contributed by atoms with Crippen molar-refractivity contribution in [1.29, 1.82) is 0 Å². The quantitative estimate of drug-likeness (QED) is 0.897. The molecule has 2 aromatic rings. The Morgan fingerprint density at radius 3 is 2.67 bits per heavy atom. The SMILES string of the molecule is CC(C)(C)C(=O)N1CC[C@@H](Cc2cc(-c3ccccc3C(=O)O)ncn2)C1. The van der Waals surface area contributed by atoms with E-state index < -0.39 is 5.97 Å². The molecule has 6 heteroatoms. The van der Waals surface area contributed by atoms with Gasteiger partial charge in [-0.3, -0.25) is 4.79 Å². The maximum Gasteiger partial charge on any atom is 0.336 e. The van der Waals surface area contributed by atoms with Crippen molar-refractivity contribution in [3.8, 4) is 11.3 Å². The maximum atomic E-state index is 12.4. The summed E-state index contributed by atoms with van der Waals surface area (Å²) in [6.45, 7) is 7.35. The highest BCUT2D eigenvalue weighted by Crippen LogP contribution is 2.27. The van der Waals surface area contributed by atoms with E-state index in [4.69, 9.17) is 0 Å². The topological polar surface area (TPSA) is 83.4 Å². The first-order valence-corrected chi connectivity index (χ1v) is 9.18. The zero-order valence-electron chi connectivity index (χ0n) is 16.0. The first kappa shape index (κ1) is 19.0. The monoisotopic (exact) mass is 367 g/mol. The van der Waals surface area contributed by atoms with Crippen LogP contribution in [0.5, 0.6) is 0 Å². The van der Waals surface area contributed by atoms with Crippen molar-refractivity contribution in [1.82, 2.24) is 14.9 Å². The normalized spacial score (nSPS) is 17.1. The zero-order valence-corrected chi connectivity index (χ0v) is 16.0. The molecule has 6 nitrogen and oxygen atoms in total. The van der Waals surface area contributed by atoms with Gasteiger partial charge >= 0.3 is 5.97 Å². The van der Waals surface area contributed by atoms with Gasteiger partial charge in [0.25, 0.3) is 0 Å². The van der Waals surface area contributed by atoms with Crippen LogP contribution in [0.2, 0.25) is 0 Å². The average molecular weight is 367 g/mol. The third-order valence-electron chi connectivity index (χ3n) is 4.87. The third-order valence-corrected chi connectivity index (χ3v) is 4.87. The Balaban J connectivity index is 1.75. The number of carboxylic acid groups (broad SMARTS) is 1. The van der Waals surface area contributed by atoms with Crippen LogP contribution >= 0.6 is 0 Å². The number of aromatic nitrogens is 2. The predicted molar refractivity (Wildman–Crippen MR) is 102 cm³/mol. The molecule has 2 heterocycles. The van der Waals surface area contributed by atoms with Crippen LogP contribution in [0.3, 0.4) is 0 Å². The molecule has 1 aliphatic rings. The van der Waals surface area contributed by atoms with E-state index in [1.807, 2.05) is 31.7 Å². The van der Waals surface area contributed by atoms with Gasteiger partial charge in [0, 0.05) is 29.8 Å². The molecular formula is C21H25N3O3. The number of nitrogens with zero attached hydrogens (tertiary/aromatic N) is 3. The Hall–Kier alpha value is -2.76. The summed E-state index contributed by atoms with van der Waals surface area (Å²) >= 11 is 0. The average Bonchev–Trinajstić information content (AvgIpc) is 3.08. The van der Waals surface area contributed by atoms with E-state index in [0.29, 0.717) is 17.2 Å². The minimum absolute atomic E-state index is 0.184. The standard InChI is InChI=1S/C21H25N3O3/c1-21(2,3)20(27)24-9-8-14(12-24)10-15-11-18(23-13-22-15)16-6-4-5-7-17(16)19(25)26/h4-7,11,13-14H,8-10,12H2,1-3H3,(H,25,26)/t14-/m0/s1. The van der Waals surface area contributed by atoms with Crippen LogP contribution in [0, 0.1) is 11.3 Å². The summed E-state index contributed by atoms with van der Waals surface area (Å²) in [5, 5.41) is 9.39. The number of amides is 1. The van der Waals surface area contributed by atoms with E-state index in [9.17, 15) is 14.7 Å². The van der Waals surface area contributed by atoms with Gasteiger partial charge in [-0.1, -0.05) is 39.0 Å². The van der Waals surface area contributed by atoms with Crippen molar-refractivity contribution in [3.05, 3.63) is 47.9 Å². The number of aromatic carboxylic acids is 1. The van der Waals surface area contributed by atoms with Gasteiger partial charge in [-0.15, -0.1) is 0 Å². The highest BCUT2D eigenvalue weighted by Gasteiger charge is 2.32. The van der Waals surface area contributed by atoms with Gasteiger partial charge in [0.05, 0.1) is 11.3 Å². The molecule has 0 saturated carbocycles. The summed E-state index contributed by atoms with van der Waals surface area (Å²) in [6, 6.07) is 8.70. The van der Waals surface area contributed by atoms with E-state index in [2.05, 4.69) is 9.97 Å². The molecule has 27 heavy (non-hydrogen) atoms. The summed E-state index contributed by atoms with van der Waals surface area (Å²) in [5.41, 5.74) is 1.93. The molecule has 142 valence electrons. The fourth-order valence-corrected chi connectivity index (χ4v) is 3.50. The Bertz CT molecular complexity index is 858. The first-order chi connectivity index (χ1) is 12.8. The van der Waals surface area contributed by atoms with Gasteiger partial charge in [-0.05, 0) is 30.9 Å². The predicted octanol–water partition coefficient (Wildman–Crippen LogP) is 3.28. The smallest absolute Gasteiger partial charge is 0.336 e. The van der Waals surface area contributed by atoms with Gasteiger partial charge in [0.15, 0.2) is 0 Å². The second-order valence-corrected chi connectivity index (χ2v) is 8.11. The largest absolute Gasteiger partial charge is 0.478 e. The number of carboxylic acids is 1. The lowest BCUT2D eigenvalue weighted by Gasteiger charge is -2.25. The summed E-state index contributed by atoms with van der Waals surface area (Å²) in [5.74, 6) is -0.435. The van der Waals surface area contributed by atoms with E-state index in [1.54, 1.807) is 24.3 Å². The lowest BCUT2D eigenvalue weighted by Crippen LogP contribution is -2.38. The van der Waals surface area contributed by atoms with Gasteiger partial charge in [-0.25, -0.2) is 14.8 Å². The zero-order chi connectivity index (χ0) is 19.6. The maximum absolute atomic E-state index is 12.4. The Labute approximate surface area is 159 Å². The van der Waals surface area contributed by atoms with Gasteiger partial charge in [0.1, 0.15) is 6.33 Å². The molecule has 0 radical (unpaired) electrons. The van der Waals surface area contributed by atoms with Crippen molar-refractivity contribution < 1.29 is 14.7 Å². The van der Waals surface area contributed by atoms with Crippen molar-refractivity contribution >= 4 is 11.9 Å². The minimum Gasteiger partial charge on any atom is -0.478 e. The Kier molecular flexibility index (Phi) is 5.26. The van der Waals surface area contributed by atoms with Crippen LogP contribution in [-0.2, 0) is 11.2 Å². The number of carbonyl (C=O) groups is 2. The highest BCUT2D eigenvalue weighted by atomic mass is 16.4. The van der Waals surface area contributed by atoms with Crippen molar-refractivity contribution in [2.24, 2.45) is 11.3 Å². The lowest BCUT2D eigenvalue weighted by atomic mass is 9.95. The van der Waals surface area contributed by atoms with E-state index in [-0.39, 0.29) is 16.9 Å². The Morgan fingerprint density at radius 1 is 1.22 bits per heavy atom. The number of hydrogen-bond donors (Lipinski definition) is 1.